The number of hydrogen-bond donors (Lipinski definition) is 2. The maximum atomic E-state index is 12.6. The predicted octanol–water partition coefficient (Wildman–Crippen LogP) is 2.77. The Bertz CT molecular complexity index is 1000. The highest BCUT2D eigenvalue weighted by Gasteiger charge is 2.29. The van der Waals surface area contributed by atoms with Gasteiger partial charge in [-0.15, -0.1) is 0 Å². The molecule has 3 rings (SSSR count). The Morgan fingerprint density at radius 1 is 1.22 bits per heavy atom. The normalized spacial score (nSPS) is 14.8. The first kappa shape index (κ1) is 18.9. The third kappa shape index (κ3) is 4.11. The van der Waals surface area contributed by atoms with E-state index in [4.69, 9.17) is 0 Å². The molecular weight excluding hydrogens is 366 g/mol. The topological polar surface area (TPSA) is 95.6 Å². The van der Waals surface area contributed by atoms with Crippen LogP contribution in [0, 0.1) is 6.92 Å². The van der Waals surface area contributed by atoms with E-state index < -0.39 is 21.5 Å². The lowest BCUT2D eigenvalue weighted by atomic mass is 10.1. The molecular formula is C19H21N3O4S. The summed E-state index contributed by atoms with van der Waals surface area (Å²) in [5.41, 5.74) is 2.74. The van der Waals surface area contributed by atoms with Crippen molar-refractivity contribution in [2.75, 3.05) is 22.9 Å². The Balaban J connectivity index is 1.79. The van der Waals surface area contributed by atoms with Crippen molar-refractivity contribution < 1.29 is 18.0 Å². The molecule has 2 aromatic carbocycles. The van der Waals surface area contributed by atoms with Gasteiger partial charge in [0.15, 0.2) is 9.84 Å². The zero-order chi connectivity index (χ0) is 19.6. The molecule has 1 heterocycles. The standard InChI is InChI=1S/C19H21N3O4S/c1-3-22(11-14-7-5-4-6-13(14)2)19(24)20-15-8-9-16-17(10-15)27(25,26)12-18(23)21-16/h4-10H,3,11-12H2,1-2H3,(H,20,24)(H,21,23). The van der Waals surface area contributed by atoms with E-state index in [1.165, 1.54) is 12.1 Å². The molecule has 8 heteroatoms. The molecule has 3 amide bonds. The molecule has 0 aliphatic carbocycles. The summed E-state index contributed by atoms with van der Waals surface area (Å²) in [5, 5.41) is 5.27. The van der Waals surface area contributed by atoms with Crippen LogP contribution in [0.15, 0.2) is 47.4 Å². The van der Waals surface area contributed by atoms with Crippen LogP contribution in [0.2, 0.25) is 0 Å². The highest BCUT2D eigenvalue weighted by molar-refractivity contribution is 7.92. The summed E-state index contributed by atoms with van der Waals surface area (Å²) >= 11 is 0. The third-order valence-corrected chi connectivity index (χ3v) is 6.10. The van der Waals surface area contributed by atoms with E-state index >= 15 is 0 Å². The van der Waals surface area contributed by atoms with Gasteiger partial charge in [0.25, 0.3) is 0 Å². The number of benzene rings is 2. The fraction of sp³-hybridized carbons (Fsp3) is 0.263. The number of sulfone groups is 1. The van der Waals surface area contributed by atoms with Gasteiger partial charge in [-0.05, 0) is 43.2 Å². The van der Waals surface area contributed by atoms with Crippen molar-refractivity contribution >= 4 is 33.2 Å². The number of fused-ring (bicyclic) bond motifs is 1. The van der Waals surface area contributed by atoms with Crippen molar-refractivity contribution in [1.29, 1.82) is 0 Å². The van der Waals surface area contributed by atoms with E-state index in [2.05, 4.69) is 10.6 Å². The van der Waals surface area contributed by atoms with Gasteiger partial charge in [-0.3, -0.25) is 4.79 Å². The monoisotopic (exact) mass is 387 g/mol. The molecule has 1 aliphatic rings. The van der Waals surface area contributed by atoms with Gasteiger partial charge in [0.05, 0.1) is 10.6 Å². The van der Waals surface area contributed by atoms with Crippen molar-refractivity contribution in [3.63, 3.8) is 0 Å². The summed E-state index contributed by atoms with van der Waals surface area (Å²) in [4.78, 5) is 25.8. The van der Waals surface area contributed by atoms with Crippen LogP contribution in [-0.2, 0) is 21.2 Å². The number of carbonyl (C=O) groups is 2. The minimum Gasteiger partial charge on any atom is -0.324 e. The molecule has 0 spiro atoms. The quantitative estimate of drug-likeness (QED) is 0.843. The van der Waals surface area contributed by atoms with Crippen LogP contribution in [0.4, 0.5) is 16.2 Å². The lowest BCUT2D eigenvalue weighted by Gasteiger charge is -2.23. The molecule has 142 valence electrons. The molecule has 0 atom stereocenters. The lowest BCUT2D eigenvalue weighted by Crippen LogP contribution is -2.34. The summed E-state index contributed by atoms with van der Waals surface area (Å²) in [6, 6.07) is 11.9. The van der Waals surface area contributed by atoms with E-state index in [0.29, 0.717) is 18.8 Å². The second-order valence-corrected chi connectivity index (χ2v) is 8.35. The molecule has 1 aliphatic heterocycles. The summed E-state index contributed by atoms with van der Waals surface area (Å²) in [6.07, 6.45) is 0. The van der Waals surface area contributed by atoms with Crippen LogP contribution < -0.4 is 10.6 Å². The molecule has 0 saturated heterocycles. The fourth-order valence-electron chi connectivity index (χ4n) is 2.92. The molecule has 0 saturated carbocycles. The van der Waals surface area contributed by atoms with Crippen molar-refractivity contribution in [3.05, 3.63) is 53.6 Å². The first-order chi connectivity index (χ1) is 12.8. The molecule has 2 aromatic rings. The lowest BCUT2D eigenvalue weighted by molar-refractivity contribution is -0.114. The first-order valence-corrected chi connectivity index (χ1v) is 10.2. The van der Waals surface area contributed by atoms with Crippen LogP contribution in [0.3, 0.4) is 0 Å². The van der Waals surface area contributed by atoms with Gasteiger partial charge in [-0.1, -0.05) is 24.3 Å². The second kappa shape index (κ2) is 7.40. The van der Waals surface area contributed by atoms with Crippen molar-refractivity contribution in [3.8, 4) is 0 Å². The molecule has 2 N–H and O–H groups in total. The van der Waals surface area contributed by atoms with Crippen molar-refractivity contribution in [2.24, 2.45) is 0 Å². The summed E-state index contributed by atoms with van der Waals surface area (Å²) in [6.45, 7) is 4.82. The Morgan fingerprint density at radius 2 is 1.96 bits per heavy atom. The summed E-state index contributed by atoms with van der Waals surface area (Å²) < 4.78 is 24.4. The van der Waals surface area contributed by atoms with Gasteiger partial charge < -0.3 is 15.5 Å². The first-order valence-electron chi connectivity index (χ1n) is 8.57. The zero-order valence-corrected chi connectivity index (χ0v) is 16.0. The largest absolute Gasteiger partial charge is 0.324 e. The molecule has 0 radical (unpaired) electrons. The van der Waals surface area contributed by atoms with Gasteiger partial charge in [0.1, 0.15) is 5.75 Å². The third-order valence-electron chi connectivity index (χ3n) is 4.45. The highest BCUT2D eigenvalue weighted by Crippen LogP contribution is 2.29. The number of carbonyl (C=O) groups excluding carboxylic acids is 2. The molecule has 0 bridgehead atoms. The van der Waals surface area contributed by atoms with Gasteiger partial charge in [-0.2, -0.15) is 0 Å². The fourth-order valence-corrected chi connectivity index (χ4v) is 4.25. The van der Waals surface area contributed by atoms with Crippen LogP contribution in [0.25, 0.3) is 0 Å². The predicted molar refractivity (Wildman–Crippen MR) is 103 cm³/mol. The molecule has 0 aromatic heterocycles. The Labute approximate surface area is 158 Å². The van der Waals surface area contributed by atoms with Crippen LogP contribution in [0.5, 0.6) is 0 Å². The minimum atomic E-state index is -3.71. The zero-order valence-electron chi connectivity index (χ0n) is 15.2. The average Bonchev–Trinajstić information content (AvgIpc) is 2.61. The molecule has 27 heavy (non-hydrogen) atoms. The van der Waals surface area contributed by atoms with E-state index in [0.717, 1.165) is 11.1 Å². The molecule has 0 unspecified atom stereocenters. The Morgan fingerprint density at radius 3 is 2.67 bits per heavy atom. The van der Waals surface area contributed by atoms with Crippen LogP contribution in [0.1, 0.15) is 18.1 Å². The van der Waals surface area contributed by atoms with Gasteiger partial charge in [0.2, 0.25) is 5.91 Å². The van der Waals surface area contributed by atoms with Crippen molar-refractivity contribution in [2.45, 2.75) is 25.3 Å². The number of nitrogens with one attached hydrogen (secondary N) is 2. The SMILES string of the molecule is CCN(Cc1ccccc1C)C(=O)Nc1ccc2c(c1)S(=O)(=O)CC(=O)N2. The maximum Gasteiger partial charge on any atom is 0.322 e. The molecule has 7 nitrogen and oxygen atoms in total. The Hall–Kier alpha value is -2.87. The van der Waals surface area contributed by atoms with Crippen LogP contribution >= 0.6 is 0 Å². The minimum absolute atomic E-state index is 0.0156. The number of hydrogen-bond acceptors (Lipinski definition) is 4. The van der Waals surface area contributed by atoms with Gasteiger partial charge in [0, 0.05) is 18.8 Å². The van der Waals surface area contributed by atoms with Gasteiger partial charge >= 0.3 is 6.03 Å². The second-order valence-electron chi connectivity index (χ2n) is 6.39. The number of aryl methyl sites for hydroxylation is 1. The van der Waals surface area contributed by atoms with E-state index in [9.17, 15) is 18.0 Å². The summed E-state index contributed by atoms with van der Waals surface area (Å²) in [5.74, 6) is -1.15. The van der Waals surface area contributed by atoms with Crippen molar-refractivity contribution in [1.82, 2.24) is 4.90 Å². The Kier molecular flexibility index (Phi) is 5.18. The number of rotatable bonds is 4. The molecule has 0 fully saturated rings. The highest BCUT2D eigenvalue weighted by atomic mass is 32.2. The number of amides is 3. The van der Waals surface area contributed by atoms with Gasteiger partial charge in [-0.25, -0.2) is 13.2 Å². The van der Waals surface area contributed by atoms with Crippen LogP contribution in [-0.4, -0.2) is 37.6 Å². The number of urea groups is 1. The average molecular weight is 387 g/mol. The van der Waals surface area contributed by atoms with E-state index in [1.807, 2.05) is 38.1 Å². The maximum absolute atomic E-state index is 12.6. The van der Waals surface area contributed by atoms with E-state index in [1.54, 1.807) is 11.0 Å². The summed E-state index contributed by atoms with van der Waals surface area (Å²) in [7, 11) is -3.71. The van der Waals surface area contributed by atoms with E-state index in [-0.39, 0.29) is 16.6 Å². The number of anilines is 2. The smallest absolute Gasteiger partial charge is 0.322 e. The number of nitrogens with zero attached hydrogens (tertiary/aromatic N) is 1.